The Hall–Kier alpha value is -1.60. The third-order valence-electron chi connectivity index (χ3n) is 5.56. The highest BCUT2D eigenvalue weighted by Gasteiger charge is 2.57. The molecule has 1 saturated carbocycles. The fourth-order valence-electron chi connectivity index (χ4n) is 4.01. The number of pyridine rings is 1. The summed E-state index contributed by atoms with van der Waals surface area (Å²) >= 11 is 0. The molecular weight excluding hydrogens is 330 g/mol. The maximum atomic E-state index is 13.0. The van der Waals surface area contributed by atoms with E-state index in [1.807, 2.05) is 18.2 Å². The molecule has 1 aromatic heterocycles. The minimum Gasteiger partial charge on any atom is -0.375 e. The highest BCUT2D eigenvalue weighted by molar-refractivity contribution is 5.81. The Bertz CT molecular complexity index is 626. The van der Waals surface area contributed by atoms with Crippen LogP contribution in [-0.4, -0.2) is 53.6 Å². The summed E-state index contributed by atoms with van der Waals surface area (Å²) in [5.74, 6) is -3.11. The van der Waals surface area contributed by atoms with E-state index in [1.165, 1.54) is 0 Å². The molecular formula is C18H22F2N2O3. The number of carbonyl (C=O) groups excluding carboxylic acids is 1. The molecule has 3 aliphatic rings. The quantitative estimate of drug-likeness (QED) is 0.816. The second-order valence-electron chi connectivity index (χ2n) is 7.39. The van der Waals surface area contributed by atoms with Crippen LogP contribution in [0.1, 0.15) is 25.0 Å². The predicted molar refractivity (Wildman–Crippen MR) is 84.9 cm³/mol. The molecule has 1 aliphatic carbocycles. The van der Waals surface area contributed by atoms with Gasteiger partial charge in [0.1, 0.15) is 5.60 Å². The van der Waals surface area contributed by atoms with Gasteiger partial charge < -0.3 is 14.4 Å². The van der Waals surface area contributed by atoms with E-state index in [0.717, 1.165) is 12.1 Å². The number of nitrogens with zero attached hydrogens (tertiary/aromatic N) is 2. The van der Waals surface area contributed by atoms with Crippen molar-refractivity contribution in [3.8, 4) is 0 Å². The van der Waals surface area contributed by atoms with Crippen LogP contribution in [0.2, 0.25) is 0 Å². The van der Waals surface area contributed by atoms with Crippen LogP contribution in [0.4, 0.5) is 8.78 Å². The van der Waals surface area contributed by atoms with E-state index >= 15 is 0 Å². The number of halogens is 2. The molecule has 1 amide bonds. The number of amides is 1. The first-order valence-electron chi connectivity index (χ1n) is 8.76. The Morgan fingerprint density at radius 1 is 1.36 bits per heavy atom. The summed E-state index contributed by atoms with van der Waals surface area (Å²) in [5, 5.41) is 0. The summed E-state index contributed by atoms with van der Waals surface area (Å²) in [4.78, 5) is 18.1. The van der Waals surface area contributed by atoms with Gasteiger partial charge in [0.25, 0.3) is 0 Å². The van der Waals surface area contributed by atoms with Gasteiger partial charge >= 0.3 is 0 Å². The molecule has 3 heterocycles. The van der Waals surface area contributed by atoms with Crippen LogP contribution in [-0.2, 0) is 20.9 Å². The summed E-state index contributed by atoms with van der Waals surface area (Å²) in [5.41, 5.74) is 0.526. The number of hydrogen-bond donors (Lipinski definition) is 0. The molecule has 3 fully saturated rings. The van der Waals surface area contributed by atoms with Crippen molar-refractivity contribution in [2.24, 2.45) is 11.8 Å². The van der Waals surface area contributed by atoms with Crippen LogP contribution in [0.5, 0.6) is 0 Å². The van der Waals surface area contributed by atoms with Crippen molar-refractivity contribution >= 4 is 5.91 Å². The van der Waals surface area contributed by atoms with E-state index < -0.39 is 11.8 Å². The third-order valence-corrected chi connectivity index (χ3v) is 5.56. The van der Waals surface area contributed by atoms with Gasteiger partial charge in [-0.2, -0.15) is 0 Å². The second kappa shape index (κ2) is 6.29. The van der Waals surface area contributed by atoms with Crippen molar-refractivity contribution in [1.29, 1.82) is 0 Å². The molecule has 2 saturated heterocycles. The standard InChI is InChI=1S/C18H22F2N2O3/c19-18(20)7-13(8-18)16(23)22-11-17(12-22)14(4-6-25-17)9-24-10-15-3-1-2-5-21-15/h1-3,5,13-14H,4,6-12H2. The summed E-state index contributed by atoms with van der Waals surface area (Å²) in [6.45, 7) is 2.64. The second-order valence-corrected chi connectivity index (χ2v) is 7.39. The zero-order chi connectivity index (χ0) is 17.5. The van der Waals surface area contributed by atoms with Crippen molar-refractivity contribution < 1.29 is 23.0 Å². The Kier molecular flexibility index (Phi) is 4.24. The van der Waals surface area contributed by atoms with Gasteiger partial charge in [0.15, 0.2) is 0 Å². The number of hydrogen-bond acceptors (Lipinski definition) is 4. The molecule has 0 bridgehead atoms. The van der Waals surface area contributed by atoms with E-state index in [0.29, 0.717) is 32.9 Å². The molecule has 5 nitrogen and oxygen atoms in total. The molecule has 2 aliphatic heterocycles. The molecule has 1 aromatic rings. The number of aromatic nitrogens is 1. The molecule has 1 atom stereocenters. The van der Waals surface area contributed by atoms with Crippen LogP contribution < -0.4 is 0 Å². The van der Waals surface area contributed by atoms with Crippen molar-refractivity contribution in [2.45, 2.75) is 37.4 Å². The van der Waals surface area contributed by atoms with Gasteiger partial charge in [0.2, 0.25) is 11.8 Å². The zero-order valence-corrected chi connectivity index (χ0v) is 14.0. The lowest BCUT2D eigenvalue weighted by Gasteiger charge is -2.52. The monoisotopic (exact) mass is 352 g/mol. The van der Waals surface area contributed by atoms with Gasteiger partial charge in [-0.3, -0.25) is 9.78 Å². The Labute approximate surface area is 145 Å². The van der Waals surface area contributed by atoms with Crippen LogP contribution in [0.15, 0.2) is 24.4 Å². The Balaban J connectivity index is 1.26. The molecule has 0 N–H and O–H groups in total. The van der Waals surface area contributed by atoms with Gasteiger partial charge in [0, 0.05) is 37.5 Å². The first-order chi connectivity index (χ1) is 12.0. The third kappa shape index (κ3) is 3.27. The van der Waals surface area contributed by atoms with E-state index in [4.69, 9.17) is 9.47 Å². The Morgan fingerprint density at radius 2 is 2.16 bits per heavy atom. The molecule has 136 valence electrons. The predicted octanol–water partition coefficient (Wildman–Crippen LogP) is 2.26. The van der Waals surface area contributed by atoms with Crippen molar-refractivity contribution in [1.82, 2.24) is 9.88 Å². The lowest BCUT2D eigenvalue weighted by atomic mass is 9.76. The van der Waals surface area contributed by atoms with Crippen LogP contribution in [0.25, 0.3) is 0 Å². The maximum Gasteiger partial charge on any atom is 0.249 e. The zero-order valence-electron chi connectivity index (χ0n) is 14.0. The van der Waals surface area contributed by atoms with Gasteiger partial charge in [-0.1, -0.05) is 6.07 Å². The average molecular weight is 352 g/mol. The van der Waals surface area contributed by atoms with Gasteiger partial charge in [-0.05, 0) is 18.6 Å². The van der Waals surface area contributed by atoms with Gasteiger partial charge in [-0.25, -0.2) is 8.78 Å². The minimum absolute atomic E-state index is 0.153. The number of likely N-dealkylation sites (tertiary alicyclic amines) is 1. The number of alkyl halides is 2. The average Bonchev–Trinajstić information content (AvgIpc) is 2.95. The summed E-state index contributed by atoms with van der Waals surface area (Å²) in [6, 6.07) is 5.70. The topological polar surface area (TPSA) is 51.7 Å². The first-order valence-corrected chi connectivity index (χ1v) is 8.76. The van der Waals surface area contributed by atoms with Crippen molar-refractivity contribution in [2.75, 3.05) is 26.3 Å². The molecule has 0 aromatic carbocycles. The van der Waals surface area contributed by atoms with Crippen LogP contribution in [0.3, 0.4) is 0 Å². The van der Waals surface area contributed by atoms with Gasteiger partial charge in [0.05, 0.1) is 32.0 Å². The van der Waals surface area contributed by atoms with Crippen molar-refractivity contribution in [3.63, 3.8) is 0 Å². The smallest absolute Gasteiger partial charge is 0.249 e. The molecule has 1 unspecified atom stereocenters. The van der Waals surface area contributed by atoms with Crippen molar-refractivity contribution in [3.05, 3.63) is 30.1 Å². The summed E-state index contributed by atoms with van der Waals surface area (Å²) in [6.07, 6.45) is 2.00. The lowest BCUT2D eigenvalue weighted by Crippen LogP contribution is -2.68. The fourth-order valence-corrected chi connectivity index (χ4v) is 4.01. The van der Waals surface area contributed by atoms with Crippen LogP contribution >= 0.6 is 0 Å². The molecule has 4 rings (SSSR count). The van der Waals surface area contributed by atoms with E-state index in [1.54, 1.807) is 11.1 Å². The highest BCUT2D eigenvalue weighted by Crippen LogP contribution is 2.46. The number of rotatable bonds is 5. The van der Waals surface area contributed by atoms with E-state index in [2.05, 4.69) is 4.98 Å². The minimum atomic E-state index is -2.66. The maximum absolute atomic E-state index is 13.0. The Morgan fingerprint density at radius 3 is 2.84 bits per heavy atom. The van der Waals surface area contributed by atoms with Gasteiger partial charge in [-0.15, -0.1) is 0 Å². The molecule has 25 heavy (non-hydrogen) atoms. The lowest BCUT2D eigenvalue weighted by molar-refractivity contribution is -0.187. The fraction of sp³-hybridized carbons (Fsp3) is 0.667. The molecule has 1 spiro atoms. The normalized spacial score (nSPS) is 27.1. The van der Waals surface area contributed by atoms with E-state index in [-0.39, 0.29) is 30.3 Å². The molecule has 0 radical (unpaired) electrons. The highest BCUT2D eigenvalue weighted by atomic mass is 19.3. The van der Waals surface area contributed by atoms with Crippen LogP contribution in [0, 0.1) is 11.8 Å². The SMILES string of the molecule is O=C(C1CC(F)(F)C1)N1CC2(C1)OCCC2COCc1ccccn1. The largest absolute Gasteiger partial charge is 0.375 e. The van der Waals surface area contributed by atoms with E-state index in [9.17, 15) is 13.6 Å². The summed E-state index contributed by atoms with van der Waals surface area (Å²) < 4.78 is 37.6. The first kappa shape index (κ1) is 16.8. The number of carbonyl (C=O) groups is 1. The molecule has 7 heteroatoms. The number of ether oxygens (including phenoxy) is 2. The summed E-state index contributed by atoms with van der Waals surface area (Å²) in [7, 11) is 0.